The van der Waals surface area contributed by atoms with Crippen LogP contribution in [-0.4, -0.2) is 23.2 Å². The van der Waals surface area contributed by atoms with Crippen molar-refractivity contribution in [2.75, 3.05) is 0 Å². The molecule has 0 aromatic heterocycles. The third-order valence-electron chi connectivity index (χ3n) is 6.29. The molecule has 0 radical (unpaired) electrons. The topological polar surface area (TPSA) is 49.3 Å². The number of hydrogen-bond donors (Lipinski definition) is 2. The van der Waals surface area contributed by atoms with Gasteiger partial charge in [-0.15, -0.1) is 0 Å². The number of aliphatic hydroxyl groups is 1. The summed E-state index contributed by atoms with van der Waals surface area (Å²) in [4.78, 5) is 12.4. The Bertz CT molecular complexity index is 359. The first-order chi connectivity index (χ1) is 14.7. The fourth-order valence-electron chi connectivity index (χ4n) is 4.19. The van der Waals surface area contributed by atoms with Crippen LogP contribution in [0.5, 0.6) is 0 Å². The molecule has 0 saturated heterocycles. The van der Waals surface area contributed by atoms with Gasteiger partial charge in [0.2, 0.25) is 5.91 Å². The molecular weight excluding hydrogens is 370 g/mol. The second-order valence-corrected chi connectivity index (χ2v) is 9.37. The lowest BCUT2D eigenvalue weighted by Gasteiger charge is -2.24. The average molecular weight is 426 g/mol. The number of aliphatic hydroxyl groups excluding tert-OH is 1. The van der Waals surface area contributed by atoms with E-state index in [2.05, 4.69) is 26.1 Å². The number of carbonyl (C=O) groups excluding carboxylic acids is 1. The summed E-state index contributed by atoms with van der Waals surface area (Å²) in [5.74, 6) is 0.142. The van der Waals surface area contributed by atoms with Gasteiger partial charge in [-0.1, -0.05) is 130 Å². The molecule has 3 heteroatoms. The Hall–Kier alpha value is -0.570. The van der Waals surface area contributed by atoms with Crippen LogP contribution < -0.4 is 5.32 Å². The van der Waals surface area contributed by atoms with Gasteiger partial charge in [0.25, 0.3) is 0 Å². The van der Waals surface area contributed by atoms with E-state index >= 15 is 0 Å². The Morgan fingerprint density at radius 1 is 0.600 bits per heavy atom. The maximum atomic E-state index is 12.4. The number of carbonyl (C=O) groups is 1. The highest BCUT2D eigenvalue weighted by Crippen LogP contribution is 2.16. The quantitative estimate of drug-likeness (QED) is 0.162. The van der Waals surface area contributed by atoms with E-state index in [-0.39, 0.29) is 18.1 Å². The summed E-state index contributed by atoms with van der Waals surface area (Å²) >= 11 is 0. The molecule has 2 N–H and O–H groups in total. The van der Waals surface area contributed by atoms with Crippen LogP contribution in [-0.2, 0) is 4.79 Å². The molecule has 0 bridgehead atoms. The van der Waals surface area contributed by atoms with E-state index in [0.717, 1.165) is 38.5 Å². The van der Waals surface area contributed by atoms with Gasteiger partial charge < -0.3 is 10.4 Å². The largest absolute Gasteiger partial charge is 0.391 e. The minimum atomic E-state index is -0.389. The number of hydrogen-bond acceptors (Lipinski definition) is 2. The van der Waals surface area contributed by atoms with Gasteiger partial charge in [-0.05, 0) is 19.3 Å². The zero-order valence-electron chi connectivity index (χ0n) is 20.9. The van der Waals surface area contributed by atoms with Gasteiger partial charge in [0.1, 0.15) is 0 Å². The monoisotopic (exact) mass is 425 g/mol. The minimum absolute atomic E-state index is 0.0561. The Labute approximate surface area is 189 Å². The number of amides is 1. The van der Waals surface area contributed by atoms with Crippen molar-refractivity contribution in [1.29, 1.82) is 0 Å². The van der Waals surface area contributed by atoms with Crippen molar-refractivity contribution in [3.63, 3.8) is 0 Å². The van der Waals surface area contributed by atoms with Gasteiger partial charge in [-0.2, -0.15) is 0 Å². The van der Waals surface area contributed by atoms with E-state index in [1.165, 1.54) is 89.9 Å². The lowest BCUT2D eigenvalue weighted by Crippen LogP contribution is -2.43. The van der Waals surface area contributed by atoms with Gasteiger partial charge >= 0.3 is 0 Å². The predicted molar refractivity (Wildman–Crippen MR) is 132 cm³/mol. The third kappa shape index (κ3) is 19.4. The highest BCUT2D eigenvalue weighted by molar-refractivity contribution is 5.76. The highest BCUT2D eigenvalue weighted by atomic mass is 16.3. The SMILES string of the molecule is CCCCCCCCC(=O)NC(CCCCCCCC)C(O)CCCCCCCC. The summed E-state index contributed by atoms with van der Waals surface area (Å²) in [5.41, 5.74) is 0. The molecule has 0 fully saturated rings. The van der Waals surface area contributed by atoms with Gasteiger partial charge in [0, 0.05) is 6.42 Å². The minimum Gasteiger partial charge on any atom is -0.391 e. The summed E-state index contributed by atoms with van der Waals surface area (Å²) in [6.45, 7) is 6.71. The van der Waals surface area contributed by atoms with E-state index in [1.807, 2.05) is 0 Å². The van der Waals surface area contributed by atoms with Gasteiger partial charge in [-0.3, -0.25) is 4.79 Å². The summed E-state index contributed by atoms with van der Waals surface area (Å²) in [6, 6.07) is -0.0561. The average Bonchev–Trinajstić information content (AvgIpc) is 2.74. The zero-order chi connectivity index (χ0) is 22.3. The molecule has 0 aliphatic carbocycles. The van der Waals surface area contributed by atoms with Crippen molar-refractivity contribution in [2.45, 2.75) is 168 Å². The molecule has 0 rings (SSSR count). The standard InChI is InChI=1S/C27H55NO2/c1-4-7-10-13-16-19-22-25(26(29)23-20-17-14-11-8-5-2)28-27(30)24-21-18-15-12-9-6-3/h25-26,29H,4-24H2,1-3H3,(H,28,30). The molecule has 1 amide bonds. The summed E-state index contributed by atoms with van der Waals surface area (Å²) < 4.78 is 0. The highest BCUT2D eigenvalue weighted by Gasteiger charge is 2.20. The molecule has 0 heterocycles. The first-order valence-corrected chi connectivity index (χ1v) is 13.6. The number of unbranched alkanes of at least 4 members (excludes halogenated alkanes) is 15. The molecule has 0 aliphatic rings. The van der Waals surface area contributed by atoms with Crippen molar-refractivity contribution < 1.29 is 9.90 Å². The van der Waals surface area contributed by atoms with Gasteiger partial charge in [0.05, 0.1) is 12.1 Å². The second kappa shape index (κ2) is 23.1. The Kier molecular flexibility index (Phi) is 22.7. The Morgan fingerprint density at radius 2 is 1.00 bits per heavy atom. The summed E-state index contributed by atoms with van der Waals surface area (Å²) in [7, 11) is 0. The predicted octanol–water partition coefficient (Wildman–Crippen LogP) is 8.08. The van der Waals surface area contributed by atoms with Crippen molar-refractivity contribution >= 4 is 5.91 Å². The van der Waals surface area contributed by atoms with Crippen LogP contribution in [0, 0.1) is 0 Å². The van der Waals surface area contributed by atoms with E-state index in [0.29, 0.717) is 6.42 Å². The molecule has 0 spiro atoms. The molecule has 0 aromatic rings. The zero-order valence-corrected chi connectivity index (χ0v) is 20.9. The first kappa shape index (κ1) is 29.4. The Morgan fingerprint density at radius 3 is 1.50 bits per heavy atom. The van der Waals surface area contributed by atoms with Crippen LogP contribution in [0.1, 0.15) is 156 Å². The normalized spacial score (nSPS) is 13.3. The maximum absolute atomic E-state index is 12.4. The van der Waals surface area contributed by atoms with Crippen LogP contribution in [0.2, 0.25) is 0 Å². The number of rotatable bonds is 23. The molecule has 0 aliphatic heterocycles. The van der Waals surface area contributed by atoms with Crippen LogP contribution in [0.4, 0.5) is 0 Å². The maximum Gasteiger partial charge on any atom is 0.220 e. The van der Waals surface area contributed by atoms with Crippen molar-refractivity contribution in [3.8, 4) is 0 Å². The van der Waals surface area contributed by atoms with Crippen molar-refractivity contribution in [1.82, 2.24) is 5.32 Å². The van der Waals surface area contributed by atoms with Crippen LogP contribution in [0.3, 0.4) is 0 Å². The van der Waals surface area contributed by atoms with E-state index in [1.54, 1.807) is 0 Å². The molecule has 0 saturated carbocycles. The van der Waals surface area contributed by atoms with Crippen molar-refractivity contribution in [3.05, 3.63) is 0 Å². The third-order valence-corrected chi connectivity index (χ3v) is 6.29. The lowest BCUT2D eigenvalue weighted by molar-refractivity contribution is -0.122. The molecule has 0 aromatic carbocycles. The fraction of sp³-hybridized carbons (Fsp3) is 0.963. The lowest BCUT2D eigenvalue weighted by atomic mass is 9.97. The fourth-order valence-corrected chi connectivity index (χ4v) is 4.19. The van der Waals surface area contributed by atoms with Gasteiger partial charge in [-0.25, -0.2) is 0 Å². The number of nitrogens with one attached hydrogen (secondary N) is 1. The molecule has 3 nitrogen and oxygen atoms in total. The van der Waals surface area contributed by atoms with E-state index in [9.17, 15) is 9.90 Å². The van der Waals surface area contributed by atoms with E-state index < -0.39 is 0 Å². The van der Waals surface area contributed by atoms with Crippen molar-refractivity contribution in [2.24, 2.45) is 0 Å². The van der Waals surface area contributed by atoms with Crippen LogP contribution in [0.25, 0.3) is 0 Å². The van der Waals surface area contributed by atoms with E-state index in [4.69, 9.17) is 0 Å². The summed E-state index contributed by atoms with van der Waals surface area (Å²) in [5, 5.41) is 13.9. The van der Waals surface area contributed by atoms with Crippen LogP contribution in [0.15, 0.2) is 0 Å². The Balaban J connectivity index is 4.22. The molecule has 2 unspecified atom stereocenters. The molecular formula is C27H55NO2. The second-order valence-electron chi connectivity index (χ2n) is 9.37. The molecule has 30 heavy (non-hydrogen) atoms. The van der Waals surface area contributed by atoms with Gasteiger partial charge in [0.15, 0.2) is 0 Å². The molecule has 2 atom stereocenters. The van der Waals surface area contributed by atoms with Crippen LogP contribution >= 0.6 is 0 Å². The molecule has 180 valence electrons. The first-order valence-electron chi connectivity index (χ1n) is 13.6. The smallest absolute Gasteiger partial charge is 0.220 e. The summed E-state index contributed by atoms with van der Waals surface area (Å²) in [6.07, 6.45) is 24.1.